The second-order valence-corrected chi connectivity index (χ2v) is 6.80. The third-order valence-corrected chi connectivity index (χ3v) is 3.03. The highest BCUT2D eigenvalue weighted by molar-refractivity contribution is 5.06. The summed E-state index contributed by atoms with van der Waals surface area (Å²) in [5.41, 5.74) is 0.901. The Morgan fingerprint density at radius 1 is 1.33 bits per heavy atom. The number of rotatable bonds is 6. The third kappa shape index (κ3) is 4.67. The highest BCUT2D eigenvalue weighted by Gasteiger charge is 2.19. The second kappa shape index (κ2) is 6.39. The van der Waals surface area contributed by atoms with Crippen LogP contribution in [0.25, 0.3) is 0 Å². The van der Waals surface area contributed by atoms with Crippen LogP contribution in [0.4, 0.5) is 0 Å². The van der Waals surface area contributed by atoms with Gasteiger partial charge in [0, 0.05) is 12.0 Å². The van der Waals surface area contributed by atoms with E-state index in [0.717, 1.165) is 24.5 Å². The molecule has 0 aliphatic carbocycles. The number of oxazole rings is 1. The van der Waals surface area contributed by atoms with E-state index in [1.807, 2.05) is 6.20 Å². The first-order valence-corrected chi connectivity index (χ1v) is 7.39. The summed E-state index contributed by atoms with van der Waals surface area (Å²) in [4.78, 5) is 4.30. The summed E-state index contributed by atoms with van der Waals surface area (Å²) in [6, 6.07) is 0. The molecular weight excluding hydrogens is 266 g/mol. The van der Waals surface area contributed by atoms with E-state index in [1.165, 1.54) is 0 Å². The fourth-order valence-electron chi connectivity index (χ4n) is 1.85. The monoisotopic (exact) mass is 291 g/mol. The molecule has 0 saturated carbocycles. The summed E-state index contributed by atoms with van der Waals surface area (Å²) >= 11 is 0. The van der Waals surface area contributed by atoms with Gasteiger partial charge in [-0.3, -0.25) is 0 Å². The van der Waals surface area contributed by atoms with E-state index in [4.69, 9.17) is 4.42 Å². The second-order valence-electron chi connectivity index (χ2n) is 6.80. The van der Waals surface area contributed by atoms with Crippen LogP contribution in [0.2, 0.25) is 0 Å². The van der Waals surface area contributed by atoms with E-state index >= 15 is 0 Å². The van der Waals surface area contributed by atoms with Crippen molar-refractivity contribution in [3.8, 4) is 0 Å². The van der Waals surface area contributed by atoms with E-state index in [9.17, 15) is 0 Å². The number of hydrogen-bond donors (Lipinski definition) is 1. The topological polar surface area (TPSA) is 68.8 Å². The lowest BCUT2D eigenvalue weighted by molar-refractivity contribution is 0.371. The van der Waals surface area contributed by atoms with Crippen molar-refractivity contribution in [1.29, 1.82) is 0 Å². The number of aromatic nitrogens is 4. The third-order valence-electron chi connectivity index (χ3n) is 3.03. The fourth-order valence-corrected chi connectivity index (χ4v) is 1.85. The molecule has 0 saturated heterocycles. The van der Waals surface area contributed by atoms with Gasteiger partial charge in [-0.05, 0) is 12.5 Å². The van der Waals surface area contributed by atoms with Gasteiger partial charge >= 0.3 is 0 Å². The average molecular weight is 291 g/mol. The van der Waals surface area contributed by atoms with Crippen LogP contribution in [-0.4, -0.2) is 26.5 Å². The number of nitrogens with one attached hydrogen (secondary N) is 1. The molecule has 6 heteroatoms. The van der Waals surface area contributed by atoms with Gasteiger partial charge in [0.15, 0.2) is 0 Å². The van der Waals surface area contributed by atoms with Crippen molar-refractivity contribution in [3.05, 3.63) is 29.7 Å². The lowest BCUT2D eigenvalue weighted by Gasteiger charge is -2.13. The van der Waals surface area contributed by atoms with Crippen molar-refractivity contribution in [2.75, 3.05) is 6.54 Å². The van der Waals surface area contributed by atoms with Crippen LogP contribution in [0.3, 0.4) is 0 Å². The van der Waals surface area contributed by atoms with E-state index in [-0.39, 0.29) is 5.41 Å². The molecule has 1 N–H and O–H groups in total. The maximum absolute atomic E-state index is 5.76. The zero-order chi connectivity index (χ0) is 15.5. The molecule has 2 rings (SSSR count). The molecule has 2 heterocycles. The molecule has 0 aliphatic heterocycles. The van der Waals surface area contributed by atoms with Gasteiger partial charge in [-0.15, -0.1) is 5.10 Å². The van der Waals surface area contributed by atoms with Crippen molar-refractivity contribution in [3.63, 3.8) is 0 Å². The van der Waals surface area contributed by atoms with E-state index in [2.05, 4.69) is 55.2 Å². The SMILES string of the molecule is CC(C)CNCc1cn(Cc2ncc(C(C)(C)C)o2)nn1. The lowest BCUT2D eigenvalue weighted by atomic mass is 9.94. The van der Waals surface area contributed by atoms with Crippen LogP contribution in [-0.2, 0) is 18.5 Å². The van der Waals surface area contributed by atoms with Gasteiger partial charge in [0.05, 0.1) is 18.1 Å². The van der Waals surface area contributed by atoms with Crippen molar-refractivity contribution >= 4 is 0 Å². The molecule has 0 fully saturated rings. The Morgan fingerprint density at radius 3 is 2.71 bits per heavy atom. The molecule has 0 atom stereocenters. The van der Waals surface area contributed by atoms with Crippen LogP contribution in [0.15, 0.2) is 16.8 Å². The Morgan fingerprint density at radius 2 is 2.10 bits per heavy atom. The zero-order valence-corrected chi connectivity index (χ0v) is 13.6. The minimum Gasteiger partial charge on any atom is -0.443 e. The quantitative estimate of drug-likeness (QED) is 0.885. The van der Waals surface area contributed by atoms with Gasteiger partial charge in [0.2, 0.25) is 5.89 Å². The van der Waals surface area contributed by atoms with Crippen LogP contribution < -0.4 is 5.32 Å². The predicted octanol–water partition coefficient (Wildman–Crippen LogP) is 2.36. The molecule has 0 amide bonds. The first-order chi connectivity index (χ1) is 9.84. The predicted molar refractivity (Wildman–Crippen MR) is 80.9 cm³/mol. The highest BCUT2D eigenvalue weighted by Crippen LogP contribution is 2.22. The van der Waals surface area contributed by atoms with Crippen LogP contribution in [0, 0.1) is 5.92 Å². The standard InChI is InChI=1S/C15H25N5O/c1-11(2)6-16-7-12-9-20(19-18-12)10-14-17-8-13(21-14)15(3,4)5/h8-9,11,16H,6-7,10H2,1-5H3. The average Bonchev–Trinajstić information content (AvgIpc) is 2.98. The van der Waals surface area contributed by atoms with E-state index in [1.54, 1.807) is 10.9 Å². The highest BCUT2D eigenvalue weighted by atomic mass is 16.4. The molecule has 2 aromatic heterocycles. The van der Waals surface area contributed by atoms with Crippen molar-refractivity contribution < 1.29 is 4.42 Å². The van der Waals surface area contributed by atoms with Gasteiger partial charge in [0.25, 0.3) is 0 Å². The summed E-state index contributed by atoms with van der Waals surface area (Å²) in [6.07, 6.45) is 3.71. The molecule has 0 unspecified atom stereocenters. The van der Waals surface area contributed by atoms with Crippen molar-refractivity contribution in [1.82, 2.24) is 25.3 Å². The molecule has 2 aromatic rings. The maximum Gasteiger partial charge on any atom is 0.216 e. The molecule has 116 valence electrons. The van der Waals surface area contributed by atoms with Gasteiger partial charge in [-0.2, -0.15) is 0 Å². The Bertz CT molecular complexity index is 565. The van der Waals surface area contributed by atoms with Gasteiger partial charge in [-0.1, -0.05) is 39.8 Å². The smallest absolute Gasteiger partial charge is 0.216 e. The van der Waals surface area contributed by atoms with Gasteiger partial charge in [-0.25, -0.2) is 9.67 Å². The van der Waals surface area contributed by atoms with E-state index in [0.29, 0.717) is 18.4 Å². The Hall–Kier alpha value is -1.69. The molecule has 0 spiro atoms. The maximum atomic E-state index is 5.76. The Kier molecular flexibility index (Phi) is 4.77. The zero-order valence-electron chi connectivity index (χ0n) is 13.6. The Balaban J connectivity index is 1.91. The molecule has 0 bridgehead atoms. The van der Waals surface area contributed by atoms with Crippen molar-refractivity contribution in [2.45, 2.75) is 53.1 Å². The summed E-state index contributed by atoms with van der Waals surface area (Å²) < 4.78 is 7.51. The lowest BCUT2D eigenvalue weighted by Crippen LogP contribution is -2.19. The van der Waals surface area contributed by atoms with Crippen molar-refractivity contribution in [2.24, 2.45) is 5.92 Å². The number of nitrogens with zero attached hydrogens (tertiary/aromatic N) is 4. The van der Waals surface area contributed by atoms with Gasteiger partial charge in [0.1, 0.15) is 12.3 Å². The molecule has 0 aromatic carbocycles. The van der Waals surface area contributed by atoms with E-state index < -0.39 is 0 Å². The first-order valence-electron chi connectivity index (χ1n) is 7.39. The fraction of sp³-hybridized carbons (Fsp3) is 0.667. The van der Waals surface area contributed by atoms with Crippen LogP contribution in [0.5, 0.6) is 0 Å². The minimum absolute atomic E-state index is 0.0282. The molecular formula is C15H25N5O. The summed E-state index contributed by atoms with van der Waals surface area (Å²) in [5, 5.41) is 11.6. The molecule has 6 nitrogen and oxygen atoms in total. The van der Waals surface area contributed by atoms with Crippen LogP contribution >= 0.6 is 0 Å². The summed E-state index contributed by atoms with van der Waals surface area (Å²) in [7, 11) is 0. The number of hydrogen-bond acceptors (Lipinski definition) is 5. The minimum atomic E-state index is -0.0282. The summed E-state index contributed by atoms with van der Waals surface area (Å²) in [5.74, 6) is 2.17. The first kappa shape index (κ1) is 15.7. The Labute approximate surface area is 125 Å². The van der Waals surface area contributed by atoms with Crippen LogP contribution in [0.1, 0.15) is 52.0 Å². The molecule has 0 radical (unpaired) electrons. The molecule has 21 heavy (non-hydrogen) atoms. The van der Waals surface area contributed by atoms with Gasteiger partial charge < -0.3 is 9.73 Å². The largest absolute Gasteiger partial charge is 0.443 e. The normalized spacial score (nSPS) is 12.3. The molecule has 0 aliphatic rings. The summed E-state index contributed by atoms with van der Waals surface area (Å²) in [6.45, 7) is 12.9.